The molecule has 2 aliphatic heterocycles. The van der Waals surface area contributed by atoms with Crippen LogP contribution in [-0.4, -0.2) is 45.9 Å². The number of likely N-dealkylation sites (tertiary alicyclic amines) is 1. The second-order valence-corrected chi connectivity index (χ2v) is 9.62. The molecule has 2 saturated heterocycles. The number of aryl methyl sites for hydroxylation is 1. The fraction of sp³-hybridized carbons (Fsp3) is 0.542. The molecule has 0 spiro atoms. The summed E-state index contributed by atoms with van der Waals surface area (Å²) < 4.78 is 0. The number of hydrazine groups is 1. The Labute approximate surface area is 183 Å². The van der Waals surface area contributed by atoms with E-state index in [2.05, 4.69) is 34.9 Å². The molecule has 4 N–H and O–H groups in total. The highest BCUT2D eigenvalue weighted by atomic mass is 16.2. The normalized spacial score (nSPS) is 30.4. The lowest BCUT2D eigenvalue weighted by atomic mass is 9.76. The van der Waals surface area contributed by atoms with Crippen molar-refractivity contribution < 1.29 is 4.79 Å². The van der Waals surface area contributed by atoms with Crippen LogP contribution in [0.1, 0.15) is 49.9 Å². The molecule has 1 amide bonds. The summed E-state index contributed by atoms with van der Waals surface area (Å²) in [4.78, 5) is 24.4. The molecule has 2 aromatic rings. The topological polar surface area (TPSA) is 96.2 Å². The molecule has 2 aromatic heterocycles. The number of aromatic nitrogens is 2. The van der Waals surface area contributed by atoms with Gasteiger partial charge in [0.2, 0.25) is 5.91 Å². The molecule has 0 radical (unpaired) electrons. The van der Waals surface area contributed by atoms with E-state index in [-0.39, 0.29) is 17.9 Å². The first-order chi connectivity index (χ1) is 15.0. The second kappa shape index (κ2) is 8.20. The molecule has 164 valence electrons. The zero-order chi connectivity index (χ0) is 21.5. The van der Waals surface area contributed by atoms with Gasteiger partial charge < -0.3 is 10.6 Å². The summed E-state index contributed by atoms with van der Waals surface area (Å²) in [6.45, 7) is 5.86. The molecule has 5 rings (SSSR count). The Kier molecular flexibility index (Phi) is 5.40. The van der Waals surface area contributed by atoms with Crippen LogP contribution in [0.2, 0.25) is 0 Å². The maximum absolute atomic E-state index is 13.4. The lowest BCUT2D eigenvalue weighted by Crippen LogP contribution is -2.47. The van der Waals surface area contributed by atoms with Crippen molar-refractivity contribution in [3.63, 3.8) is 0 Å². The average molecular weight is 421 g/mol. The number of carbonyl (C=O) groups is 1. The summed E-state index contributed by atoms with van der Waals surface area (Å²) in [6, 6.07) is 8.36. The van der Waals surface area contributed by atoms with Crippen LogP contribution < -0.4 is 16.6 Å². The van der Waals surface area contributed by atoms with Gasteiger partial charge >= 0.3 is 0 Å². The van der Waals surface area contributed by atoms with Crippen molar-refractivity contribution in [2.45, 2.75) is 57.5 Å². The van der Waals surface area contributed by atoms with Gasteiger partial charge in [-0.15, -0.1) is 0 Å². The van der Waals surface area contributed by atoms with Crippen molar-refractivity contribution in [2.75, 3.05) is 18.8 Å². The summed E-state index contributed by atoms with van der Waals surface area (Å²) in [6.07, 6.45) is 6.27. The summed E-state index contributed by atoms with van der Waals surface area (Å²) in [5.41, 5.74) is 16.6. The number of nitrogens with two attached hydrogens (primary N) is 1. The van der Waals surface area contributed by atoms with Crippen LogP contribution in [-0.2, 0) is 4.79 Å². The van der Waals surface area contributed by atoms with Crippen molar-refractivity contribution in [2.24, 2.45) is 11.8 Å². The number of hydrogen-bond donors (Lipinski definition) is 3. The molecule has 3 aliphatic rings. The smallest absolute Gasteiger partial charge is 0.241 e. The van der Waals surface area contributed by atoms with Crippen LogP contribution in [0, 0.1) is 18.8 Å². The molecule has 5 unspecified atom stereocenters. The lowest BCUT2D eigenvalue weighted by molar-refractivity contribution is -0.133. The molecular formula is C24H32N6O. The van der Waals surface area contributed by atoms with Crippen LogP contribution in [0.4, 0.5) is 5.82 Å². The number of amides is 1. The summed E-state index contributed by atoms with van der Waals surface area (Å²) in [5, 5.41) is 0. The number of rotatable bonds is 3. The van der Waals surface area contributed by atoms with E-state index in [0.29, 0.717) is 23.7 Å². The number of nitrogens with zero attached hydrogens (tertiary/aromatic N) is 3. The molecule has 31 heavy (non-hydrogen) atoms. The Morgan fingerprint density at radius 2 is 2.03 bits per heavy atom. The minimum Gasteiger partial charge on any atom is -0.384 e. The van der Waals surface area contributed by atoms with Gasteiger partial charge in [-0.3, -0.25) is 15.2 Å². The first kappa shape index (κ1) is 20.4. The minimum atomic E-state index is -0.103. The van der Waals surface area contributed by atoms with E-state index in [1.54, 1.807) is 6.20 Å². The fourth-order valence-electron chi connectivity index (χ4n) is 5.57. The zero-order valence-corrected chi connectivity index (χ0v) is 18.3. The van der Waals surface area contributed by atoms with Crippen LogP contribution in [0.3, 0.4) is 0 Å². The Morgan fingerprint density at radius 1 is 1.16 bits per heavy atom. The highest BCUT2D eigenvalue weighted by molar-refractivity contribution is 5.83. The third-order valence-electron chi connectivity index (χ3n) is 7.29. The predicted molar refractivity (Wildman–Crippen MR) is 121 cm³/mol. The minimum absolute atomic E-state index is 0.103. The molecule has 1 aliphatic carbocycles. The molecule has 7 nitrogen and oxygen atoms in total. The standard InChI is InChI=1S/C24H32N6O/c1-14-3-5-20-19(9-14)23(29-28-20)24(31)30-8-7-17(13-30)21-11-18(10-15(2)27-21)16-4-6-22(25)26-12-16/h4,6,10-12,14,17,19-20,23,28-29H,3,5,7-9,13H2,1-2H3,(H2,25,26). The van der Waals surface area contributed by atoms with Gasteiger partial charge in [-0.05, 0) is 68.4 Å². The zero-order valence-electron chi connectivity index (χ0n) is 18.3. The number of carbonyl (C=O) groups excluding carboxylic acids is 1. The summed E-state index contributed by atoms with van der Waals surface area (Å²) >= 11 is 0. The number of nitrogens with one attached hydrogen (secondary N) is 2. The van der Waals surface area contributed by atoms with E-state index in [1.807, 2.05) is 24.0 Å². The van der Waals surface area contributed by atoms with Crippen molar-refractivity contribution >= 4 is 11.7 Å². The lowest BCUT2D eigenvalue weighted by Gasteiger charge is -2.32. The number of nitrogen functional groups attached to an aromatic ring is 1. The Bertz CT molecular complexity index is 961. The number of fused-ring (bicyclic) bond motifs is 1. The Balaban J connectivity index is 1.30. The van der Waals surface area contributed by atoms with E-state index >= 15 is 0 Å². The summed E-state index contributed by atoms with van der Waals surface area (Å²) in [7, 11) is 0. The molecule has 4 heterocycles. The van der Waals surface area contributed by atoms with Crippen LogP contribution in [0.15, 0.2) is 30.5 Å². The van der Waals surface area contributed by atoms with Gasteiger partial charge in [-0.1, -0.05) is 6.92 Å². The van der Waals surface area contributed by atoms with Gasteiger partial charge in [0, 0.05) is 54.1 Å². The number of hydrogen-bond acceptors (Lipinski definition) is 6. The van der Waals surface area contributed by atoms with E-state index < -0.39 is 0 Å². The van der Waals surface area contributed by atoms with E-state index in [1.165, 1.54) is 6.42 Å². The van der Waals surface area contributed by atoms with Crippen LogP contribution in [0.25, 0.3) is 11.1 Å². The molecule has 1 saturated carbocycles. The largest absolute Gasteiger partial charge is 0.384 e. The van der Waals surface area contributed by atoms with E-state index in [0.717, 1.165) is 54.9 Å². The average Bonchev–Trinajstić information content (AvgIpc) is 3.41. The van der Waals surface area contributed by atoms with Gasteiger partial charge in [-0.25, -0.2) is 10.4 Å². The maximum Gasteiger partial charge on any atom is 0.241 e. The Morgan fingerprint density at radius 3 is 2.84 bits per heavy atom. The molecule has 7 heteroatoms. The maximum atomic E-state index is 13.4. The van der Waals surface area contributed by atoms with Gasteiger partial charge in [-0.2, -0.15) is 0 Å². The number of pyridine rings is 2. The third-order valence-corrected chi connectivity index (χ3v) is 7.29. The molecular weight excluding hydrogens is 388 g/mol. The summed E-state index contributed by atoms with van der Waals surface area (Å²) in [5.74, 6) is 2.12. The quantitative estimate of drug-likeness (QED) is 0.706. The highest BCUT2D eigenvalue weighted by Gasteiger charge is 2.45. The van der Waals surface area contributed by atoms with Crippen molar-refractivity contribution in [1.82, 2.24) is 25.7 Å². The first-order valence-corrected chi connectivity index (χ1v) is 11.5. The number of anilines is 1. The van der Waals surface area contributed by atoms with E-state index in [4.69, 9.17) is 10.7 Å². The molecule has 3 fully saturated rings. The first-order valence-electron chi connectivity index (χ1n) is 11.5. The van der Waals surface area contributed by atoms with Gasteiger partial charge in [0.25, 0.3) is 0 Å². The Hall–Kier alpha value is -2.51. The van der Waals surface area contributed by atoms with Crippen molar-refractivity contribution in [1.29, 1.82) is 0 Å². The van der Waals surface area contributed by atoms with Crippen LogP contribution >= 0.6 is 0 Å². The monoisotopic (exact) mass is 420 g/mol. The van der Waals surface area contributed by atoms with Gasteiger partial charge in [0.1, 0.15) is 11.9 Å². The highest BCUT2D eigenvalue weighted by Crippen LogP contribution is 2.36. The fourth-order valence-corrected chi connectivity index (χ4v) is 5.57. The second-order valence-electron chi connectivity index (χ2n) is 9.62. The van der Waals surface area contributed by atoms with Crippen LogP contribution in [0.5, 0.6) is 0 Å². The van der Waals surface area contributed by atoms with E-state index in [9.17, 15) is 4.79 Å². The third kappa shape index (κ3) is 4.04. The molecule has 5 atom stereocenters. The molecule has 0 aromatic carbocycles. The van der Waals surface area contributed by atoms with Gasteiger partial charge in [0.15, 0.2) is 0 Å². The SMILES string of the molecule is Cc1cc(-c2ccc(N)nc2)cc(C2CCN(C(=O)C3NNC4CCC(C)CC43)C2)n1. The van der Waals surface area contributed by atoms with Gasteiger partial charge in [0.05, 0.1) is 0 Å². The predicted octanol–water partition coefficient (Wildman–Crippen LogP) is 2.63. The molecule has 0 bridgehead atoms. The van der Waals surface area contributed by atoms with Crippen molar-refractivity contribution in [3.05, 3.63) is 41.9 Å². The van der Waals surface area contributed by atoms with Crippen molar-refractivity contribution in [3.8, 4) is 11.1 Å².